The van der Waals surface area contributed by atoms with Crippen LogP contribution in [0.1, 0.15) is 5.76 Å². The monoisotopic (exact) mass is 225 g/mol. The van der Waals surface area contributed by atoms with Gasteiger partial charge in [-0.15, -0.1) is 0 Å². The van der Waals surface area contributed by atoms with Crippen LogP contribution in [0.2, 0.25) is 5.02 Å². The first-order chi connectivity index (χ1) is 7.20. The third-order valence-electron chi connectivity index (χ3n) is 2.06. The molecule has 15 heavy (non-hydrogen) atoms. The molecule has 0 radical (unpaired) electrons. The Kier molecular flexibility index (Phi) is 2.75. The molecular weight excluding hydrogens is 217 g/mol. The topological polar surface area (TPSA) is 39.2 Å². The fourth-order valence-electron chi connectivity index (χ4n) is 1.32. The van der Waals surface area contributed by atoms with E-state index in [-0.39, 0.29) is 5.82 Å². The van der Waals surface area contributed by atoms with Gasteiger partial charge in [-0.3, -0.25) is 0 Å². The molecule has 0 fully saturated rings. The number of hydrogen-bond donors (Lipinski definition) is 1. The van der Waals surface area contributed by atoms with Gasteiger partial charge in [-0.05, 0) is 30.3 Å². The van der Waals surface area contributed by atoms with Gasteiger partial charge in [0.1, 0.15) is 17.3 Å². The van der Waals surface area contributed by atoms with Crippen LogP contribution in [0.5, 0.6) is 0 Å². The third kappa shape index (κ3) is 2.03. The van der Waals surface area contributed by atoms with Crippen molar-refractivity contribution in [3.8, 4) is 11.3 Å². The van der Waals surface area contributed by atoms with E-state index in [4.69, 9.17) is 21.8 Å². The first-order valence-corrected chi connectivity index (χ1v) is 4.82. The molecule has 2 N–H and O–H groups in total. The van der Waals surface area contributed by atoms with Crippen molar-refractivity contribution in [1.82, 2.24) is 0 Å². The Balaban J connectivity index is 2.44. The Morgan fingerprint density at radius 2 is 2.07 bits per heavy atom. The maximum absolute atomic E-state index is 12.8. The van der Waals surface area contributed by atoms with E-state index in [1.165, 1.54) is 12.1 Å². The zero-order chi connectivity index (χ0) is 10.8. The summed E-state index contributed by atoms with van der Waals surface area (Å²) < 4.78 is 18.2. The lowest BCUT2D eigenvalue weighted by Gasteiger charge is -2.00. The summed E-state index contributed by atoms with van der Waals surface area (Å²) >= 11 is 5.89. The van der Waals surface area contributed by atoms with Gasteiger partial charge in [0.05, 0.1) is 11.6 Å². The lowest BCUT2D eigenvalue weighted by molar-refractivity contribution is 0.525. The van der Waals surface area contributed by atoms with Gasteiger partial charge in [0.15, 0.2) is 0 Å². The molecule has 0 aliphatic carbocycles. The summed E-state index contributed by atoms with van der Waals surface area (Å²) in [5.74, 6) is 0.903. The van der Waals surface area contributed by atoms with Crippen LogP contribution in [-0.2, 0) is 6.54 Å². The average Bonchev–Trinajstić information content (AvgIpc) is 2.66. The minimum Gasteiger partial charge on any atom is -0.460 e. The molecule has 0 saturated carbocycles. The number of halogens is 2. The number of nitrogens with two attached hydrogens (primary N) is 1. The first-order valence-electron chi connectivity index (χ1n) is 4.45. The molecule has 1 aromatic carbocycles. The Labute approximate surface area is 91.5 Å². The summed E-state index contributed by atoms with van der Waals surface area (Å²) in [5, 5.41) is 0.327. The second kappa shape index (κ2) is 4.04. The first kappa shape index (κ1) is 10.2. The Hall–Kier alpha value is -1.32. The van der Waals surface area contributed by atoms with E-state index in [0.29, 0.717) is 28.7 Å². The number of hydrogen-bond acceptors (Lipinski definition) is 2. The largest absolute Gasteiger partial charge is 0.460 e. The predicted octanol–water partition coefficient (Wildman–Crippen LogP) is 3.20. The maximum atomic E-state index is 12.8. The van der Waals surface area contributed by atoms with E-state index in [1.807, 2.05) is 0 Å². The van der Waals surface area contributed by atoms with Gasteiger partial charge in [-0.25, -0.2) is 4.39 Å². The van der Waals surface area contributed by atoms with Crippen molar-refractivity contribution in [3.63, 3.8) is 0 Å². The second-order valence-corrected chi connectivity index (χ2v) is 3.50. The highest BCUT2D eigenvalue weighted by atomic mass is 35.5. The SMILES string of the molecule is NCc1ccc(-c2ccc(F)cc2Cl)o1. The van der Waals surface area contributed by atoms with Gasteiger partial charge in [0, 0.05) is 5.56 Å². The van der Waals surface area contributed by atoms with Gasteiger partial charge >= 0.3 is 0 Å². The fraction of sp³-hybridized carbons (Fsp3) is 0.0909. The van der Waals surface area contributed by atoms with Crippen molar-refractivity contribution in [3.05, 3.63) is 46.9 Å². The highest BCUT2D eigenvalue weighted by Gasteiger charge is 2.08. The smallest absolute Gasteiger partial charge is 0.135 e. The van der Waals surface area contributed by atoms with Crippen molar-refractivity contribution in [2.75, 3.05) is 0 Å². The molecule has 2 rings (SSSR count). The van der Waals surface area contributed by atoms with Crippen LogP contribution >= 0.6 is 11.6 Å². The van der Waals surface area contributed by atoms with Crippen molar-refractivity contribution < 1.29 is 8.81 Å². The molecule has 0 aliphatic rings. The summed E-state index contributed by atoms with van der Waals surface area (Å²) in [7, 11) is 0. The van der Waals surface area contributed by atoms with Gasteiger partial charge < -0.3 is 10.2 Å². The molecule has 0 spiro atoms. The second-order valence-electron chi connectivity index (χ2n) is 3.09. The molecule has 2 nitrogen and oxygen atoms in total. The van der Waals surface area contributed by atoms with Crippen LogP contribution in [0.25, 0.3) is 11.3 Å². The summed E-state index contributed by atoms with van der Waals surface area (Å²) in [4.78, 5) is 0. The molecule has 0 amide bonds. The summed E-state index contributed by atoms with van der Waals surface area (Å²) in [5.41, 5.74) is 6.08. The lowest BCUT2D eigenvalue weighted by Crippen LogP contribution is -1.92. The molecule has 1 aromatic heterocycles. The van der Waals surface area contributed by atoms with Crippen molar-refractivity contribution >= 4 is 11.6 Å². The minimum atomic E-state index is -0.366. The van der Waals surface area contributed by atoms with E-state index in [0.717, 1.165) is 0 Å². The maximum Gasteiger partial charge on any atom is 0.135 e. The van der Waals surface area contributed by atoms with Crippen molar-refractivity contribution in [1.29, 1.82) is 0 Å². The molecule has 4 heteroatoms. The standard InChI is InChI=1S/C11H9ClFNO/c12-10-5-7(13)1-3-9(10)11-4-2-8(6-14)15-11/h1-5H,6,14H2. The minimum absolute atomic E-state index is 0.327. The van der Waals surface area contributed by atoms with E-state index >= 15 is 0 Å². The summed E-state index contributed by atoms with van der Waals surface area (Å²) in [6, 6.07) is 7.71. The molecule has 1 heterocycles. The Morgan fingerprint density at radius 3 is 2.67 bits per heavy atom. The van der Waals surface area contributed by atoms with E-state index in [1.54, 1.807) is 18.2 Å². The number of furan rings is 1. The van der Waals surface area contributed by atoms with Crippen LogP contribution in [0, 0.1) is 5.82 Å². The van der Waals surface area contributed by atoms with Gasteiger partial charge in [0.2, 0.25) is 0 Å². The highest BCUT2D eigenvalue weighted by Crippen LogP contribution is 2.29. The van der Waals surface area contributed by atoms with Crippen molar-refractivity contribution in [2.45, 2.75) is 6.54 Å². The van der Waals surface area contributed by atoms with Crippen LogP contribution in [0.4, 0.5) is 4.39 Å². The van der Waals surface area contributed by atoms with Crippen LogP contribution in [0.3, 0.4) is 0 Å². The average molecular weight is 226 g/mol. The Morgan fingerprint density at radius 1 is 1.27 bits per heavy atom. The molecule has 2 aromatic rings. The van der Waals surface area contributed by atoms with Crippen LogP contribution in [-0.4, -0.2) is 0 Å². The van der Waals surface area contributed by atoms with E-state index < -0.39 is 0 Å². The van der Waals surface area contributed by atoms with Crippen LogP contribution < -0.4 is 5.73 Å². The highest BCUT2D eigenvalue weighted by molar-refractivity contribution is 6.33. The quantitative estimate of drug-likeness (QED) is 0.853. The molecule has 0 atom stereocenters. The van der Waals surface area contributed by atoms with Gasteiger partial charge in [-0.2, -0.15) is 0 Å². The zero-order valence-corrected chi connectivity index (χ0v) is 8.59. The molecule has 0 bridgehead atoms. The fourth-order valence-corrected chi connectivity index (χ4v) is 1.58. The molecule has 0 aliphatic heterocycles. The normalized spacial score (nSPS) is 10.6. The lowest BCUT2D eigenvalue weighted by atomic mass is 10.2. The summed E-state index contributed by atoms with van der Waals surface area (Å²) in [6.07, 6.45) is 0. The van der Waals surface area contributed by atoms with Crippen LogP contribution in [0.15, 0.2) is 34.7 Å². The molecule has 0 unspecified atom stereocenters. The van der Waals surface area contributed by atoms with E-state index in [2.05, 4.69) is 0 Å². The molecule has 0 saturated heterocycles. The van der Waals surface area contributed by atoms with Crippen molar-refractivity contribution in [2.24, 2.45) is 5.73 Å². The summed E-state index contributed by atoms with van der Waals surface area (Å²) in [6.45, 7) is 0.332. The zero-order valence-electron chi connectivity index (χ0n) is 7.84. The third-order valence-corrected chi connectivity index (χ3v) is 2.37. The molecular formula is C11H9ClFNO. The van der Waals surface area contributed by atoms with Gasteiger partial charge in [0.25, 0.3) is 0 Å². The number of benzene rings is 1. The molecule has 78 valence electrons. The Bertz CT molecular complexity index is 481. The number of rotatable bonds is 2. The van der Waals surface area contributed by atoms with E-state index in [9.17, 15) is 4.39 Å². The predicted molar refractivity (Wildman–Crippen MR) is 57.0 cm³/mol. The van der Waals surface area contributed by atoms with Gasteiger partial charge in [-0.1, -0.05) is 11.6 Å².